The van der Waals surface area contributed by atoms with E-state index in [1.165, 1.54) is 11.8 Å². The lowest BCUT2D eigenvalue weighted by Gasteiger charge is -2.09. The van der Waals surface area contributed by atoms with Gasteiger partial charge in [-0.2, -0.15) is 0 Å². The second-order valence-electron chi connectivity index (χ2n) is 6.07. The number of ether oxygens (including phenoxy) is 1. The zero-order valence-electron chi connectivity index (χ0n) is 16.3. The van der Waals surface area contributed by atoms with Crippen molar-refractivity contribution in [2.45, 2.75) is 6.54 Å². The Morgan fingerprint density at radius 3 is 2.34 bits per heavy atom. The Balaban J connectivity index is 1.60. The zero-order valence-corrected chi connectivity index (χ0v) is 17.1. The summed E-state index contributed by atoms with van der Waals surface area (Å²) >= 11 is 1.53. The van der Waals surface area contributed by atoms with Crippen LogP contribution in [-0.4, -0.2) is 29.4 Å². The number of rotatable bonds is 6. The van der Waals surface area contributed by atoms with Crippen molar-refractivity contribution >= 4 is 34.2 Å². The molecule has 2 aromatic carbocycles. The predicted octanol–water partition coefficient (Wildman–Crippen LogP) is 4.67. The maximum atomic E-state index is 12.4. The molecule has 0 fully saturated rings. The summed E-state index contributed by atoms with van der Waals surface area (Å²) in [6, 6.07) is 18.4. The van der Waals surface area contributed by atoms with Crippen LogP contribution in [0.1, 0.15) is 15.9 Å². The first-order chi connectivity index (χ1) is 14.2. The number of hydrogen-bond donors (Lipinski definition) is 2. The Labute approximate surface area is 174 Å². The largest absolute Gasteiger partial charge is 0.497 e. The van der Waals surface area contributed by atoms with Crippen LogP contribution in [0.25, 0.3) is 0 Å². The van der Waals surface area contributed by atoms with Gasteiger partial charge in [0, 0.05) is 29.3 Å². The molecule has 0 radical (unpaired) electrons. The van der Waals surface area contributed by atoms with E-state index in [1.54, 1.807) is 55.9 Å². The van der Waals surface area contributed by atoms with Crippen molar-refractivity contribution in [3.63, 3.8) is 0 Å². The molecular weight excluding hydrogens is 384 g/mol. The molecule has 6 nitrogen and oxygen atoms in total. The van der Waals surface area contributed by atoms with Gasteiger partial charge in [0.25, 0.3) is 5.91 Å². The third-order valence-corrected chi connectivity index (χ3v) is 4.69. The number of carbonyl (C=O) groups is 1. The molecule has 29 heavy (non-hydrogen) atoms. The van der Waals surface area contributed by atoms with Gasteiger partial charge in [-0.25, -0.2) is 0 Å². The van der Waals surface area contributed by atoms with Crippen LogP contribution in [0.3, 0.4) is 0 Å². The van der Waals surface area contributed by atoms with Gasteiger partial charge in [0.1, 0.15) is 5.75 Å². The number of nitrogens with one attached hydrogen (secondary N) is 2. The fourth-order valence-electron chi connectivity index (χ4n) is 2.52. The number of amidine groups is 1. The van der Waals surface area contributed by atoms with Gasteiger partial charge < -0.3 is 15.4 Å². The number of aromatic nitrogens is 1. The second-order valence-corrected chi connectivity index (χ2v) is 6.87. The normalized spacial score (nSPS) is 11.0. The topological polar surface area (TPSA) is 75.6 Å². The van der Waals surface area contributed by atoms with Gasteiger partial charge in [-0.05, 0) is 66.4 Å². The smallest absolute Gasteiger partial charge is 0.255 e. The summed E-state index contributed by atoms with van der Waals surface area (Å²) in [5.41, 5.74) is 3.20. The van der Waals surface area contributed by atoms with Crippen molar-refractivity contribution < 1.29 is 9.53 Å². The van der Waals surface area contributed by atoms with Crippen LogP contribution in [-0.2, 0) is 6.54 Å². The van der Waals surface area contributed by atoms with Gasteiger partial charge in [-0.1, -0.05) is 17.8 Å². The fourth-order valence-corrected chi connectivity index (χ4v) is 2.93. The van der Waals surface area contributed by atoms with Gasteiger partial charge in [0.05, 0.1) is 13.7 Å². The number of hydrogen-bond acceptors (Lipinski definition) is 5. The van der Waals surface area contributed by atoms with Crippen LogP contribution < -0.4 is 15.4 Å². The molecule has 0 aliphatic heterocycles. The van der Waals surface area contributed by atoms with Gasteiger partial charge in [0.15, 0.2) is 5.17 Å². The SMILES string of the molecule is COc1ccc(NC(=O)c2ccc(NC(=NCc3cccnc3)SC)cc2)cc1. The van der Waals surface area contributed by atoms with Gasteiger partial charge in [0.2, 0.25) is 0 Å². The molecule has 3 rings (SSSR count). The van der Waals surface area contributed by atoms with Crippen molar-refractivity contribution in [3.8, 4) is 5.75 Å². The summed E-state index contributed by atoms with van der Waals surface area (Å²) in [6.07, 6.45) is 5.51. The molecule has 1 aromatic heterocycles. The summed E-state index contributed by atoms with van der Waals surface area (Å²) in [4.78, 5) is 21.1. The number of nitrogens with zero attached hydrogens (tertiary/aromatic N) is 2. The lowest BCUT2D eigenvalue weighted by molar-refractivity contribution is 0.102. The Morgan fingerprint density at radius 1 is 1.03 bits per heavy atom. The third kappa shape index (κ3) is 6.08. The molecule has 0 spiro atoms. The first-order valence-electron chi connectivity index (χ1n) is 8.98. The first-order valence-corrected chi connectivity index (χ1v) is 10.2. The lowest BCUT2D eigenvalue weighted by Crippen LogP contribution is -2.12. The summed E-state index contributed by atoms with van der Waals surface area (Å²) in [5.74, 6) is 0.574. The molecule has 0 atom stereocenters. The highest BCUT2D eigenvalue weighted by Crippen LogP contribution is 2.17. The number of thioether (sulfide) groups is 1. The molecular formula is C22H22N4O2S. The Morgan fingerprint density at radius 2 is 1.72 bits per heavy atom. The van der Waals surface area contributed by atoms with E-state index in [9.17, 15) is 4.79 Å². The van der Waals surface area contributed by atoms with Gasteiger partial charge >= 0.3 is 0 Å². The molecule has 148 valence electrons. The van der Waals surface area contributed by atoms with Crippen LogP contribution in [0.5, 0.6) is 5.75 Å². The fraction of sp³-hybridized carbons (Fsp3) is 0.136. The third-order valence-electron chi connectivity index (χ3n) is 4.07. The standard InChI is InChI=1S/C22H22N4O2S/c1-28-20-11-9-18(10-12-20)25-21(27)17-5-7-19(8-6-17)26-22(29-2)24-15-16-4-3-13-23-14-16/h3-14H,15H2,1-2H3,(H,24,26)(H,25,27). The van der Waals surface area contributed by atoms with E-state index in [0.717, 1.165) is 22.2 Å². The van der Waals surface area contributed by atoms with Gasteiger partial charge in [-0.15, -0.1) is 0 Å². The average molecular weight is 407 g/mol. The minimum atomic E-state index is -0.169. The minimum absolute atomic E-state index is 0.169. The quantitative estimate of drug-likeness (QED) is 0.459. The van der Waals surface area contributed by atoms with Crippen LogP contribution in [0.4, 0.5) is 11.4 Å². The van der Waals surface area contributed by atoms with Crippen molar-refractivity contribution in [2.24, 2.45) is 4.99 Å². The molecule has 0 bridgehead atoms. The van der Waals surface area contributed by atoms with Gasteiger partial charge in [-0.3, -0.25) is 14.8 Å². The molecule has 0 aliphatic rings. The maximum absolute atomic E-state index is 12.4. The van der Waals surface area contributed by atoms with E-state index in [2.05, 4.69) is 20.6 Å². The van der Waals surface area contributed by atoms with Crippen LogP contribution in [0, 0.1) is 0 Å². The van der Waals surface area contributed by atoms with Crippen molar-refractivity contribution in [2.75, 3.05) is 24.0 Å². The highest BCUT2D eigenvalue weighted by atomic mass is 32.2. The maximum Gasteiger partial charge on any atom is 0.255 e. The molecule has 2 N–H and O–H groups in total. The first kappa shape index (κ1) is 20.4. The number of pyridine rings is 1. The number of benzene rings is 2. The summed E-state index contributed by atoms with van der Waals surface area (Å²) in [7, 11) is 1.61. The molecule has 0 saturated carbocycles. The van der Waals surface area contributed by atoms with Crippen LogP contribution in [0.15, 0.2) is 78.0 Å². The molecule has 3 aromatic rings. The van der Waals surface area contributed by atoms with Crippen molar-refractivity contribution in [3.05, 3.63) is 84.2 Å². The lowest BCUT2D eigenvalue weighted by atomic mass is 10.2. The van der Waals surface area contributed by atoms with E-state index < -0.39 is 0 Å². The average Bonchev–Trinajstić information content (AvgIpc) is 2.78. The van der Waals surface area contributed by atoms with E-state index >= 15 is 0 Å². The Kier molecular flexibility index (Phi) is 7.24. The van der Waals surface area contributed by atoms with E-state index in [0.29, 0.717) is 17.8 Å². The minimum Gasteiger partial charge on any atom is -0.497 e. The molecule has 0 saturated heterocycles. The number of methoxy groups -OCH3 is 1. The van der Waals surface area contributed by atoms with E-state index in [4.69, 9.17) is 4.74 Å². The van der Waals surface area contributed by atoms with Crippen molar-refractivity contribution in [1.82, 2.24) is 4.98 Å². The summed E-state index contributed by atoms with van der Waals surface area (Å²) in [6.45, 7) is 0.555. The zero-order chi connectivity index (χ0) is 20.5. The van der Waals surface area contributed by atoms with Crippen LogP contribution in [0.2, 0.25) is 0 Å². The number of aliphatic imine (C=N–C) groups is 1. The molecule has 1 heterocycles. The molecule has 0 aliphatic carbocycles. The summed E-state index contributed by atoms with van der Waals surface area (Å²) in [5, 5.41) is 6.94. The van der Waals surface area contributed by atoms with Crippen molar-refractivity contribution in [1.29, 1.82) is 0 Å². The highest BCUT2D eigenvalue weighted by molar-refractivity contribution is 8.13. The number of anilines is 2. The predicted molar refractivity (Wildman–Crippen MR) is 120 cm³/mol. The Hall–Kier alpha value is -3.32. The van der Waals surface area contributed by atoms with E-state index in [-0.39, 0.29) is 5.91 Å². The second kappa shape index (κ2) is 10.3. The molecule has 0 unspecified atom stereocenters. The Bertz CT molecular complexity index is 958. The molecule has 1 amide bonds. The summed E-state index contributed by atoms with van der Waals surface area (Å²) < 4.78 is 5.12. The highest BCUT2D eigenvalue weighted by Gasteiger charge is 2.07. The monoisotopic (exact) mass is 406 g/mol. The number of carbonyl (C=O) groups excluding carboxylic acids is 1. The van der Waals surface area contributed by atoms with E-state index in [1.807, 2.05) is 30.5 Å². The van der Waals surface area contributed by atoms with Crippen LogP contribution >= 0.6 is 11.8 Å². The number of amides is 1. The molecule has 7 heteroatoms.